The van der Waals surface area contributed by atoms with Crippen LogP contribution >= 0.6 is 0 Å². The Hall–Kier alpha value is -1.95. The van der Waals surface area contributed by atoms with E-state index in [4.69, 9.17) is 9.47 Å². The van der Waals surface area contributed by atoms with Crippen LogP contribution in [0.4, 0.5) is 4.79 Å². The summed E-state index contributed by atoms with van der Waals surface area (Å²) in [6, 6.07) is 8.84. The lowest BCUT2D eigenvalue weighted by molar-refractivity contribution is 0.0852. The van der Waals surface area contributed by atoms with Crippen molar-refractivity contribution in [3.63, 3.8) is 0 Å². The van der Waals surface area contributed by atoms with E-state index in [1.807, 2.05) is 6.07 Å². The van der Waals surface area contributed by atoms with E-state index in [1.54, 1.807) is 31.2 Å². The Morgan fingerprint density at radius 2 is 1.95 bits per heavy atom. The molecular formula is C17H22O3. The molecular weight excluding hydrogens is 252 g/mol. The molecule has 0 N–H and O–H groups in total. The molecule has 1 aromatic carbocycles. The average Bonchev–Trinajstić information content (AvgIpc) is 2.43. The molecule has 3 nitrogen and oxygen atoms in total. The molecule has 20 heavy (non-hydrogen) atoms. The summed E-state index contributed by atoms with van der Waals surface area (Å²) in [5, 5.41) is 0. The van der Waals surface area contributed by atoms with Crippen molar-refractivity contribution in [2.24, 2.45) is 0 Å². The highest BCUT2D eigenvalue weighted by molar-refractivity contribution is 5.64. The predicted molar refractivity (Wildman–Crippen MR) is 79.5 cm³/mol. The summed E-state index contributed by atoms with van der Waals surface area (Å²) in [6.45, 7) is 3.92. The fourth-order valence-electron chi connectivity index (χ4n) is 1.64. The minimum atomic E-state index is -0.719. The molecule has 1 unspecified atom stereocenters. The summed E-state index contributed by atoms with van der Waals surface area (Å²) in [5.74, 6) is 6.40. The van der Waals surface area contributed by atoms with Gasteiger partial charge in [-0.05, 0) is 25.5 Å². The third-order valence-electron chi connectivity index (χ3n) is 2.68. The second-order valence-corrected chi connectivity index (χ2v) is 4.56. The summed E-state index contributed by atoms with van der Waals surface area (Å²) < 4.78 is 10.1. The van der Waals surface area contributed by atoms with Crippen molar-refractivity contribution < 1.29 is 14.3 Å². The van der Waals surface area contributed by atoms with Gasteiger partial charge in [-0.2, -0.15) is 0 Å². The van der Waals surface area contributed by atoms with Gasteiger partial charge in [0.1, 0.15) is 5.75 Å². The molecule has 0 radical (unpaired) electrons. The molecule has 0 bridgehead atoms. The maximum absolute atomic E-state index is 11.5. The largest absolute Gasteiger partial charge is 0.515 e. The Kier molecular flexibility index (Phi) is 7.98. The van der Waals surface area contributed by atoms with Gasteiger partial charge in [0, 0.05) is 6.42 Å². The SMILES string of the molecule is CCCCCCC#CC(C)OC(=O)Oc1ccccc1. The van der Waals surface area contributed by atoms with E-state index in [0.717, 1.165) is 12.8 Å². The number of hydrogen-bond acceptors (Lipinski definition) is 3. The number of ether oxygens (including phenoxy) is 2. The summed E-state index contributed by atoms with van der Waals surface area (Å²) in [5.41, 5.74) is 0. The normalized spacial score (nSPS) is 11.1. The molecule has 108 valence electrons. The standard InChI is InChI=1S/C17H22O3/c1-3-4-5-6-7-9-12-15(2)19-17(18)20-16-13-10-8-11-14-16/h8,10-11,13-15H,3-7H2,1-2H3. The summed E-state index contributed by atoms with van der Waals surface area (Å²) in [6.07, 6.45) is 4.45. The van der Waals surface area contributed by atoms with E-state index in [0.29, 0.717) is 5.75 Å². The van der Waals surface area contributed by atoms with E-state index in [2.05, 4.69) is 18.8 Å². The second-order valence-electron chi connectivity index (χ2n) is 4.56. The van der Waals surface area contributed by atoms with Crippen molar-refractivity contribution in [2.75, 3.05) is 0 Å². The number of carbonyl (C=O) groups excluding carboxylic acids is 1. The maximum atomic E-state index is 11.5. The monoisotopic (exact) mass is 274 g/mol. The van der Waals surface area contributed by atoms with Gasteiger partial charge in [0.2, 0.25) is 0 Å². The number of carbonyl (C=O) groups is 1. The number of unbranched alkanes of at least 4 members (excludes halogenated alkanes) is 4. The van der Waals surface area contributed by atoms with Crippen LogP contribution in [0, 0.1) is 11.8 Å². The third-order valence-corrected chi connectivity index (χ3v) is 2.68. The van der Waals surface area contributed by atoms with Gasteiger partial charge in [-0.3, -0.25) is 0 Å². The predicted octanol–water partition coefficient (Wildman–Crippen LogP) is 4.56. The fraction of sp³-hybridized carbons (Fsp3) is 0.471. The Labute approximate surface area is 121 Å². The van der Waals surface area contributed by atoms with E-state index >= 15 is 0 Å². The molecule has 0 heterocycles. The lowest BCUT2D eigenvalue weighted by Crippen LogP contribution is -2.16. The molecule has 0 amide bonds. The van der Waals surface area contributed by atoms with E-state index < -0.39 is 12.3 Å². The Bertz CT molecular complexity index is 442. The van der Waals surface area contributed by atoms with Crippen LogP contribution in [0.5, 0.6) is 5.75 Å². The number of benzene rings is 1. The Morgan fingerprint density at radius 3 is 2.65 bits per heavy atom. The van der Waals surface area contributed by atoms with Crippen molar-refractivity contribution in [3.8, 4) is 17.6 Å². The first-order valence-electron chi connectivity index (χ1n) is 7.14. The molecule has 0 fully saturated rings. The smallest absolute Gasteiger partial charge is 0.418 e. The molecule has 0 aromatic heterocycles. The van der Waals surface area contributed by atoms with Crippen LogP contribution in [0.3, 0.4) is 0 Å². The van der Waals surface area contributed by atoms with Crippen LogP contribution in [-0.4, -0.2) is 12.3 Å². The zero-order chi connectivity index (χ0) is 14.6. The highest BCUT2D eigenvalue weighted by Crippen LogP contribution is 2.09. The molecule has 0 aliphatic rings. The minimum Gasteiger partial charge on any atom is -0.418 e. The van der Waals surface area contributed by atoms with Gasteiger partial charge in [0.05, 0.1) is 0 Å². The average molecular weight is 274 g/mol. The molecule has 0 spiro atoms. The van der Waals surface area contributed by atoms with Gasteiger partial charge in [-0.25, -0.2) is 4.79 Å². The Morgan fingerprint density at radius 1 is 1.20 bits per heavy atom. The Balaban J connectivity index is 2.23. The topological polar surface area (TPSA) is 35.5 Å². The third kappa shape index (κ3) is 7.48. The zero-order valence-corrected chi connectivity index (χ0v) is 12.2. The van der Waals surface area contributed by atoms with E-state index in [-0.39, 0.29) is 0 Å². The van der Waals surface area contributed by atoms with Gasteiger partial charge in [-0.15, -0.1) is 0 Å². The molecule has 1 rings (SSSR count). The van der Waals surface area contributed by atoms with Gasteiger partial charge < -0.3 is 9.47 Å². The second kappa shape index (κ2) is 9.91. The first-order chi connectivity index (χ1) is 9.72. The molecule has 0 saturated heterocycles. The summed E-state index contributed by atoms with van der Waals surface area (Å²) in [4.78, 5) is 11.5. The lowest BCUT2D eigenvalue weighted by Gasteiger charge is -2.07. The first-order valence-corrected chi connectivity index (χ1v) is 7.14. The highest BCUT2D eigenvalue weighted by Gasteiger charge is 2.09. The van der Waals surface area contributed by atoms with Crippen molar-refractivity contribution in [2.45, 2.75) is 52.1 Å². The lowest BCUT2D eigenvalue weighted by atomic mass is 10.1. The fourth-order valence-corrected chi connectivity index (χ4v) is 1.64. The summed E-state index contributed by atoms with van der Waals surface area (Å²) in [7, 11) is 0. The van der Waals surface area contributed by atoms with Crippen molar-refractivity contribution in [1.82, 2.24) is 0 Å². The number of para-hydroxylation sites is 1. The van der Waals surface area contributed by atoms with Crippen LogP contribution < -0.4 is 4.74 Å². The van der Waals surface area contributed by atoms with Crippen LogP contribution in [0.2, 0.25) is 0 Å². The van der Waals surface area contributed by atoms with E-state index in [9.17, 15) is 4.79 Å². The maximum Gasteiger partial charge on any atom is 0.515 e. The van der Waals surface area contributed by atoms with Gasteiger partial charge in [-0.1, -0.05) is 56.2 Å². The van der Waals surface area contributed by atoms with Gasteiger partial charge in [0.25, 0.3) is 0 Å². The van der Waals surface area contributed by atoms with Crippen LogP contribution in [0.25, 0.3) is 0 Å². The zero-order valence-electron chi connectivity index (χ0n) is 12.2. The van der Waals surface area contributed by atoms with E-state index in [1.165, 1.54) is 19.3 Å². The van der Waals surface area contributed by atoms with Gasteiger partial charge in [0.15, 0.2) is 6.10 Å². The first kappa shape index (κ1) is 16.1. The minimum absolute atomic E-state index is 0.447. The molecule has 0 aliphatic carbocycles. The molecule has 0 aliphatic heterocycles. The van der Waals surface area contributed by atoms with Crippen molar-refractivity contribution >= 4 is 6.16 Å². The van der Waals surface area contributed by atoms with Crippen molar-refractivity contribution in [1.29, 1.82) is 0 Å². The molecule has 1 atom stereocenters. The van der Waals surface area contributed by atoms with Crippen molar-refractivity contribution in [3.05, 3.63) is 30.3 Å². The quantitative estimate of drug-likeness (QED) is 0.330. The highest BCUT2D eigenvalue weighted by atomic mass is 16.7. The van der Waals surface area contributed by atoms with Crippen LogP contribution in [0.15, 0.2) is 30.3 Å². The number of rotatable bonds is 6. The summed E-state index contributed by atoms with van der Waals surface area (Å²) >= 11 is 0. The van der Waals surface area contributed by atoms with Gasteiger partial charge >= 0.3 is 6.16 Å². The molecule has 1 aromatic rings. The molecule has 0 saturated carbocycles. The molecule has 3 heteroatoms. The van der Waals surface area contributed by atoms with Crippen LogP contribution in [0.1, 0.15) is 46.0 Å². The number of hydrogen-bond donors (Lipinski definition) is 0. The van der Waals surface area contributed by atoms with Crippen LogP contribution in [-0.2, 0) is 4.74 Å².